The number of hydrogen-bond donors (Lipinski definition) is 0. The molecule has 0 bridgehead atoms. The van der Waals surface area contributed by atoms with Crippen LogP contribution in [-0.2, 0) is 9.90 Å². The molecule has 0 fully saturated rings. The zero-order valence-electron chi connectivity index (χ0n) is 5.99. The van der Waals surface area contributed by atoms with Crippen molar-refractivity contribution in [3.8, 4) is 0 Å². The van der Waals surface area contributed by atoms with E-state index in [1.807, 2.05) is 30.3 Å². The van der Waals surface area contributed by atoms with Crippen LogP contribution in [0.2, 0.25) is 0 Å². The molecule has 1 aromatic carbocycles. The lowest BCUT2D eigenvalue weighted by atomic mass is 10.4. The van der Waals surface area contributed by atoms with Crippen LogP contribution >= 0.6 is 0 Å². The van der Waals surface area contributed by atoms with Crippen LogP contribution in [0.25, 0.3) is 0 Å². The molecule has 2 nitrogen and oxygen atoms in total. The molecule has 2 radical (unpaired) electrons. The molecule has 0 amide bonds. The first-order valence-corrected chi connectivity index (χ1v) is 3.02. The number of hydrogen-bond acceptors (Lipinski definition) is 1. The van der Waals surface area contributed by atoms with E-state index >= 15 is 0 Å². The van der Waals surface area contributed by atoms with Crippen molar-refractivity contribution in [3.63, 3.8) is 0 Å². The first-order chi connectivity index (χ1) is 5.27. The molecule has 0 heterocycles. The lowest BCUT2D eigenvalue weighted by Gasteiger charge is -1.68. The van der Waals surface area contributed by atoms with Crippen molar-refractivity contribution in [1.82, 2.24) is 0 Å². The van der Waals surface area contributed by atoms with Gasteiger partial charge in [0.15, 0.2) is 0 Å². The maximum atomic E-state index is 9.14. The second-order valence-corrected chi connectivity index (χ2v) is 1.60. The normalized spacial score (nSPS) is 7.27. The Hall–Kier alpha value is -1.57. The highest BCUT2D eigenvalue weighted by Crippen LogP contribution is 1.78. The molecule has 0 N–H and O–H groups in total. The van der Waals surface area contributed by atoms with Crippen molar-refractivity contribution >= 4 is 5.97 Å². The summed E-state index contributed by atoms with van der Waals surface area (Å²) >= 11 is 0. The van der Waals surface area contributed by atoms with Crippen LogP contribution in [0, 0.1) is 6.07 Å². The lowest BCUT2D eigenvalue weighted by Crippen LogP contribution is -1.78. The Morgan fingerprint density at radius 3 is 1.82 bits per heavy atom. The van der Waals surface area contributed by atoms with Gasteiger partial charge in [0.1, 0.15) is 0 Å². The Labute approximate surface area is 65.8 Å². The Morgan fingerprint density at radius 2 is 1.73 bits per heavy atom. The molecule has 0 atom stereocenters. The third-order valence-electron chi connectivity index (χ3n) is 0.774. The number of carbonyl (C=O) groups is 1. The van der Waals surface area contributed by atoms with Gasteiger partial charge in [0.05, 0.1) is 0 Å². The molecule has 0 spiro atoms. The highest BCUT2D eigenvalue weighted by atomic mass is 16.4. The van der Waals surface area contributed by atoms with Crippen molar-refractivity contribution in [2.75, 3.05) is 0 Å². The minimum Gasteiger partial charge on any atom is -0.242 e. The number of carbonyl (C=O) groups excluding carboxylic acids is 1. The minimum atomic E-state index is -1.23. The Morgan fingerprint density at radius 1 is 1.27 bits per heavy atom. The molecule has 11 heavy (non-hydrogen) atoms. The number of benzene rings is 1. The van der Waals surface area contributed by atoms with Gasteiger partial charge in [0, 0.05) is 6.08 Å². The number of rotatable bonds is 1. The summed E-state index contributed by atoms with van der Waals surface area (Å²) in [7, 11) is 0. The van der Waals surface area contributed by atoms with E-state index in [4.69, 9.17) is 9.90 Å². The maximum Gasteiger partial charge on any atom is 0.378 e. The summed E-state index contributed by atoms with van der Waals surface area (Å²) in [4.78, 5) is 9.14. The van der Waals surface area contributed by atoms with Crippen molar-refractivity contribution in [1.29, 1.82) is 0 Å². The average Bonchev–Trinajstić information content (AvgIpc) is 2.09. The monoisotopic (exact) mass is 148 g/mol. The maximum absolute atomic E-state index is 9.14. The predicted molar refractivity (Wildman–Crippen MR) is 41.2 cm³/mol. The molecule has 0 aromatic heterocycles. The van der Waals surface area contributed by atoms with E-state index in [-0.39, 0.29) is 0 Å². The van der Waals surface area contributed by atoms with Crippen LogP contribution in [0.3, 0.4) is 0 Å². The molecule has 0 aliphatic heterocycles. The van der Waals surface area contributed by atoms with E-state index in [0.717, 1.165) is 6.08 Å². The molecular formula is C9H8O2. The highest BCUT2D eigenvalue weighted by molar-refractivity contribution is 5.78. The molecule has 2 heteroatoms. The quantitative estimate of drug-likeness (QED) is 0.557. The van der Waals surface area contributed by atoms with Crippen molar-refractivity contribution < 1.29 is 9.90 Å². The lowest BCUT2D eigenvalue weighted by molar-refractivity contribution is -0.137. The molecule has 0 unspecified atom stereocenters. The van der Waals surface area contributed by atoms with Gasteiger partial charge in [-0.15, -0.1) is 0 Å². The van der Waals surface area contributed by atoms with Gasteiger partial charge in [0.25, 0.3) is 0 Å². The van der Waals surface area contributed by atoms with Gasteiger partial charge in [-0.2, -0.15) is 0 Å². The summed E-state index contributed by atoms with van der Waals surface area (Å²) in [6.07, 6.45) is 0.722. The summed E-state index contributed by atoms with van der Waals surface area (Å²) in [5.74, 6) is -1.23. The largest absolute Gasteiger partial charge is 0.378 e. The fourth-order valence-corrected chi connectivity index (χ4v) is 0.342. The van der Waals surface area contributed by atoms with Gasteiger partial charge in [0.2, 0.25) is 0 Å². The SMILES string of the molecule is C=CC([O])=O.[c]1ccccc1. The molecular weight excluding hydrogens is 140 g/mol. The highest BCUT2D eigenvalue weighted by Gasteiger charge is 1.79. The molecule has 1 aromatic rings. The summed E-state index contributed by atoms with van der Waals surface area (Å²) in [6, 6.07) is 12.5. The Kier molecular flexibility index (Phi) is 5.61. The third kappa shape index (κ3) is 8.43. The summed E-state index contributed by atoms with van der Waals surface area (Å²) < 4.78 is 0. The van der Waals surface area contributed by atoms with Crippen LogP contribution < -0.4 is 0 Å². The van der Waals surface area contributed by atoms with Crippen LogP contribution in [0.1, 0.15) is 0 Å². The fourth-order valence-electron chi connectivity index (χ4n) is 0.342. The summed E-state index contributed by atoms with van der Waals surface area (Å²) in [5, 5.41) is 9.14. The van der Waals surface area contributed by atoms with Gasteiger partial charge < -0.3 is 0 Å². The second kappa shape index (κ2) is 6.55. The van der Waals surface area contributed by atoms with E-state index in [2.05, 4.69) is 12.6 Å². The second-order valence-electron chi connectivity index (χ2n) is 1.60. The zero-order valence-corrected chi connectivity index (χ0v) is 5.99. The Bertz CT molecular complexity index is 177. The average molecular weight is 148 g/mol. The van der Waals surface area contributed by atoms with Crippen molar-refractivity contribution in [3.05, 3.63) is 49.1 Å². The van der Waals surface area contributed by atoms with Gasteiger partial charge in [-0.1, -0.05) is 36.9 Å². The van der Waals surface area contributed by atoms with E-state index in [1.54, 1.807) is 0 Å². The molecule has 0 saturated heterocycles. The first kappa shape index (κ1) is 9.43. The first-order valence-electron chi connectivity index (χ1n) is 3.02. The standard InChI is InChI=1S/C6H5.C3H3O2/c1-2-4-6-5-3-1;1-2-3(4)5/h1-5H;2H,1H2. The molecule has 0 aliphatic carbocycles. The molecule has 0 aliphatic rings. The topological polar surface area (TPSA) is 37.0 Å². The third-order valence-corrected chi connectivity index (χ3v) is 0.774. The predicted octanol–water partition coefficient (Wildman–Crippen LogP) is 1.62. The van der Waals surface area contributed by atoms with Gasteiger partial charge in [-0.05, 0) is 6.07 Å². The summed E-state index contributed by atoms with van der Waals surface area (Å²) in [6.45, 7) is 2.90. The fraction of sp³-hybridized carbons (Fsp3) is 0. The van der Waals surface area contributed by atoms with Gasteiger partial charge in [-0.3, -0.25) is 0 Å². The van der Waals surface area contributed by atoms with Crippen LogP contribution in [-0.4, -0.2) is 5.97 Å². The van der Waals surface area contributed by atoms with E-state index < -0.39 is 5.97 Å². The van der Waals surface area contributed by atoms with Crippen LogP contribution in [0.5, 0.6) is 0 Å². The molecule has 1 rings (SSSR count). The van der Waals surface area contributed by atoms with E-state index in [1.165, 1.54) is 0 Å². The van der Waals surface area contributed by atoms with Crippen molar-refractivity contribution in [2.24, 2.45) is 0 Å². The zero-order chi connectivity index (χ0) is 8.53. The van der Waals surface area contributed by atoms with Gasteiger partial charge in [-0.25, -0.2) is 9.90 Å². The van der Waals surface area contributed by atoms with E-state index in [9.17, 15) is 0 Å². The van der Waals surface area contributed by atoms with E-state index in [0.29, 0.717) is 0 Å². The molecule has 0 saturated carbocycles. The van der Waals surface area contributed by atoms with Crippen LogP contribution in [0.4, 0.5) is 0 Å². The van der Waals surface area contributed by atoms with Crippen LogP contribution in [0.15, 0.2) is 43.0 Å². The smallest absolute Gasteiger partial charge is 0.242 e. The van der Waals surface area contributed by atoms with Gasteiger partial charge >= 0.3 is 5.97 Å². The molecule has 56 valence electrons. The van der Waals surface area contributed by atoms with Crippen molar-refractivity contribution in [2.45, 2.75) is 0 Å². The summed E-state index contributed by atoms with van der Waals surface area (Å²) in [5.41, 5.74) is 0. The minimum absolute atomic E-state index is 0.722. The Balaban J connectivity index is 0.000000187.